The third-order valence-corrected chi connectivity index (χ3v) is 4.76. The minimum absolute atomic E-state index is 0.0190. The molecule has 0 saturated carbocycles. The summed E-state index contributed by atoms with van der Waals surface area (Å²) in [6, 6.07) is 17.3. The van der Waals surface area contributed by atoms with Gasteiger partial charge >= 0.3 is 6.09 Å². The molecular weight excluding hydrogens is 318 g/mol. The van der Waals surface area contributed by atoms with Crippen LogP contribution in [0.15, 0.2) is 54.6 Å². The lowest BCUT2D eigenvalue weighted by Crippen LogP contribution is -2.40. The van der Waals surface area contributed by atoms with Gasteiger partial charge in [-0.3, -0.25) is 4.79 Å². The van der Waals surface area contributed by atoms with Gasteiger partial charge in [0, 0.05) is 17.9 Å². The van der Waals surface area contributed by atoms with Crippen molar-refractivity contribution in [2.75, 3.05) is 13.2 Å². The van der Waals surface area contributed by atoms with E-state index in [9.17, 15) is 9.59 Å². The van der Waals surface area contributed by atoms with E-state index >= 15 is 0 Å². The van der Waals surface area contributed by atoms with Crippen molar-refractivity contribution in [3.05, 3.63) is 65.7 Å². The maximum absolute atomic E-state index is 12.8. The summed E-state index contributed by atoms with van der Waals surface area (Å²) in [5.74, 6) is 0.605. The van der Waals surface area contributed by atoms with E-state index in [1.165, 1.54) is 4.90 Å². The molecule has 2 atom stereocenters. The van der Waals surface area contributed by atoms with Crippen LogP contribution in [-0.2, 0) is 16.0 Å². The lowest BCUT2D eigenvalue weighted by molar-refractivity contribution is -0.129. The van der Waals surface area contributed by atoms with E-state index in [4.69, 9.17) is 9.47 Å². The predicted octanol–water partition coefficient (Wildman–Crippen LogP) is 3.14. The predicted molar refractivity (Wildman–Crippen MR) is 91.4 cm³/mol. The molecule has 4 rings (SSSR count). The molecule has 0 aliphatic carbocycles. The van der Waals surface area contributed by atoms with Crippen molar-refractivity contribution in [2.24, 2.45) is 0 Å². The molecule has 0 N–H and O–H groups in total. The van der Waals surface area contributed by atoms with Crippen LogP contribution in [0.5, 0.6) is 5.75 Å². The standard InChI is InChI=1S/C20H19NO4/c22-19(11-15-12-24-18-9-5-4-8-17(15)18)21-16(13-25-20(21)23)10-14-6-2-1-3-7-14/h1-9,15-16H,10-13H2/t15?,16-/m0/s1. The fourth-order valence-corrected chi connectivity index (χ4v) is 3.51. The van der Waals surface area contributed by atoms with Crippen LogP contribution in [0.3, 0.4) is 0 Å². The number of cyclic esters (lactones) is 1. The van der Waals surface area contributed by atoms with Crippen LogP contribution >= 0.6 is 0 Å². The Bertz CT molecular complexity index is 789. The number of carbonyl (C=O) groups excluding carboxylic acids is 2. The second-order valence-electron chi connectivity index (χ2n) is 6.43. The number of imide groups is 1. The number of ether oxygens (including phenoxy) is 2. The van der Waals surface area contributed by atoms with Crippen molar-refractivity contribution >= 4 is 12.0 Å². The van der Waals surface area contributed by atoms with Crippen LogP contribution in [0.4, 0.5) is 4.79 Å². The van der Waals surface area contributed by atoms with Crippen molar-refractivity contribution in [3.63, 3.8) is 0 Å². The average Bonchev–Trinajstić information content (AvgIpc) is 3.20. The zero-order valence-corrected chi connectivity index (χ0v) is 13.8. The molecule has 2 aliphatic heterocycles. The third-order valence-electron chi connectivity index (χ3n) is 4.76. The molecular formula is C20H19NO4. The largest absolute Gasteiger partial charge is 0.493 e. The van der Waals surface area contributed by atoms with E-state index in [1.54, 1.807) is 0 Å². The number of para-hydroxylation sites is 1. The molecule has 2 aromatic carbocycles. The van der Waals surface area contributed by atoms with Gasteiger partial charge in [-0.25, -0.2) is 9.69 Å². The molecule has 0 bridgehead atoms. The van der Waals surface area contributed by atoms with Crippen LogP contribution in [0.25, 0.3) is 0 Å². The summed E-state index contributed by atoms with van der Waals surface area (Å²) >= 11 is 0. The fraction of sp³-hybridized carbons (Fsp3) is 0.300. The van der Waals surface area contributed by atoms with Crippen LogP contribution in [-0.4, -0.2) is 36.2 Å². The van der Waals surface area contributed by atoms with Gasteiger partial charge in [0.25, 0.3) is 0 Å². The first-order valence-corrected chi connectivity index (χ1v) is 8.47. The summed E-state index contributed by atoms with van der Waals surface area (Å²) in [6.45, 7) is 0.717. The van der Waals surface area contributed by atoms with Gasteiger partial charge in [0.15, 0.2) is 0 Å². The van der Waals surface area contributed by atoms with Crippen LogP contribution in [0.2, 0.25) is 0 Å². The number of nitrogens with zero attached hydrogens (tertiary/aromatic N) is 1. The number of hydrogen-bond acceptors (Lipinski definition) is 4. The first-order chi connectivity index (χ1) is 12.2. The van der Waals surface area contributed by atoms with Crippen LogP contribution < -0.4 is 4.74 Å². The maximum atomic E-state index is 12.8. The topological polar surface area (TPSA) is 55.8 Å². The number of carbonyl (C=O) groups is 2. The van der Waals surface area contributed by atoms with Crippen molar-refractivity contribution in [2.45, 2.75) is 24.8 Å². The van der Waals surface area contributed by atoms with Crippen molar-refractivity contribution in [1.82, 2.24) is 4.90 Å². The van der Waals surface area contributed by atoms with Gasteiger partial charge in [-0.1, -0.05) is 48.5 Å². The highest BCUT2D eigenvalue weighted by Crippen LogP contribution is 2.36. The molecule has 0 spiro atoms. The highest BCUT2D eigenvalue weighted by Gasteiger charge is 2.39. The fourth-order valence-electron chi connectivity index (χ4n) is 3.51. The average molecular weight is 337 g/mol. The van der Waals surface area contributed by atoms with Gasteiger partial charge in [-0.05, 0) is 18.1 Å². The summed E-state index contributed by atoms with van der Waals surface area (Å²) in [5, 5.41) is 0. The van der Waals surface area contributed by atoms with Crippen molar-refractivity contribution < 1.29 is 19.1 Å². The number of amides is 2. The maximum Gasteiger partial charge on any atom is 0.416 e. The lowest BCUT2D eigenvalue weighted by Gasteiger charge is -2.21. The van der Waals surface area contributed by atoms with Crippen LogP contribution in [0, 0.1) is 0 Å². The molecule has 2 aromatic rings. The monoisotopic (exact) mass is 337 g/mol. The molecule has 2 aliphatic rings. The SMILES string of the molecule is O=C(CC1COc2ccccc21)N1C(=O)OC[C@@H]1Cc1ccccc1. The molecule has 0 radical (unpaired) electrons. The van der Waals surface area contributed by atoms with E-state index in [-0.39, 0.29) is 30.9 Å². The summed E-state index contributed by atoms with van der Waals surface area (Å²) in [4.78, 5) is 26.2. The summed E-state index contributed by atoms with van der Waals surface area (Å²) in [5.41, 5.74) is 2.11. The highest BCUT2D eigenvalue weighted by atomic mass is 16.6. The Kier molecular flexibility index (Phi) is 4.14. The Morgan fingerprint density at radius 1 is 1.00 bits per heavy atom. The Balaban J connectivity index is 1.47. The van der Waals surface area contributed by atoms with Gasteiger partial charge in [-0.2, -0.15) is 0 Å². The van der Waals surface area contributed by atoms with E-state index in [1.807, 2.05) is 54.6 Å². The number of benzene rings is 2. The molecule has 5 heteroatoms. The summed E-state index contributed by atoms with van der Waals surface area (Å²) < 4.78 is 10.8. The highest BCUT2D eigenvalue weighted by molar-refractivity contribution is 5.94. The first kappa shape index (κ1) is 15.7. The number of fused-ring (bicyclic) bond motifs is 1. The molecule has 2 heterocycles. The smallest absolute Gasteiger partial charge is 0.416 e. The minimum Gasteiger partial charge on any atom is -0.493 e. The number of rotatable bonds is 4. The summed E-state index contributed by atoms with van der Waals surface area (Å²) in [6.07, 6.45) is 0.311. The molecule has 1 saturated heterocycles. The van der Waals surface area contributed by atoms with Gasteiger partial charge in [0.05, 0.1) is 12.6 Å². The van der Waals surface area contributed by atoms with Crippen molar-refractivity contribution in [3.8, 4) is 5.75 Å². The Morgan fingerprint density at radius 2 is 1.76 bits per heavy atom. The first-order valence-electron chi connectivity index (χ1n) is 8.47. The second-order valence-corrected chi connectivity index (χ2v) is 6.43. The third kappa shape index (κ3) is 3.09. The van der Waals surface area contributed by atoms with Crippen molar-refractivity contribution in [1.29, 1.82) is 0 Å². The van der Waals surface area contributed by atoms with Gasteiger partial charge in [0.2, 0.25) is 5.91 Å². The quantitative estimate of drug-likeness (QED) is 0.860. The summed E-state index contributed by atoms with van der Waals surface area (Å²) in [7, 11) is 0. The molecule has 5 nitrogen and oxygen atoms in total. The zero-order chi connectivity index (χ0) is 17.2. The Hall–Kier alpha value is -2.82. The molecule has 1 unspecified atom stereocenters. The van der Waals surface area contributed by atoms with Gasteiger partial charge in [-0.15, -0.1) is 0 Å². The lowest BCUT2D eigenvalue weighted by atomic mass is 9.96. The molecule has 2 amide bonds. The van der Waals surface area contributed by atoms with Gasteiger partial charge in [0.1, 0.15) is 12.4 Å². The van der Waals surface area contributed by atoms with Crippen LogP contribution in [0.1, 0.15) is 23.5 Å². The Morgan fingerprint density at radius 3 is 2.60 bits per heavy atom. The molecule has 1 fully saturated rings. The normalized spacial score (nSPS) is 21.6. The second kappa shape index (κ2) is 6.59. The Labute approximate surface area is 146 Å². The van der Waals surface area contributed by atoms with E-state index in [2.05, 4.69) is 0 Å². The minimum atomic E-state index is -0.543. The zero-order valence-electron chi connectivity index (χ0n) is 13.8. The van der Waals surface area contributed by atoms with E-state index < -0.39 is 6.09 Å². The molecule has 0 aromatic heterocycles. The van der Waals surface area contributed by atoms with E-state index in [0.29, 0.717) is 13.0 Å². The van der Waals surface area contributed by atoms with Gasteiger partial charge < -0.3 is 9.47 Å². The molecule has 128 valence electrons. The molecule has 25 heavy (non-hydrogen) atoms. The number of hydrogen-bond donors (Lipinski definition) is 0. The van der Waals surface area contributed by atoms with E-state index in [0.717, 1.165) is 16.9 Å².